The summed E-state index contributed by atoms with van der Waals surface area (Å²) in [5.41, 5.74) is 4.57. The van der Waals surface area contributed by atoms with E-state index in [-0.39, 0.29) is 37.9 Å². The number of carbonyl (C=O) groups is 3. The normalized spacial score (nSPS) is 12.0. The predicted octanol–water partition coefficient (Wildman–Crippen LogP) is 3.24. The number of nitrogens with zero attached hydrogens (tertiary/aromatic N) is 1. The molecule has 7 heteroatoms. The number of aliphatic carboxylic acids is 1. The molecule has 0 bridgehead atoms. The van der Waals surface area contributed by atoms with Crippen molar-refractivity contribution in [3.05, 3.63) is 59.7 Å². The van der Waals surface area contributed by atoms with Crippen LogP contribution in [0.4, 0.5) is 4.79 Å². The van der Waals surface area contributed by atoms with Crippen LogP contribution in [0.5, 0.6) is 0 Å². The van der Waals surface area contributed by atoms with Gasteiger partial charge < -0.3 is 20.1 Å². The summed E-state index contributed by atoms with van der Waals surface area (Å²) in [6.07, 6.45) is 0.0981. The van der Waals surface area contributed by atoms with Gasteiger partial charge in [0, 0.05) is 25.4 Å². The van der Waals surface area contributed by atoms with Crippen LogP contribution in [0, 0.1) is 0 Å². The highest BCUT2D eigenvalue weighted by atomic mass is 16.5. The number of carboxylic acid groups (broad SMARTS) is 1. The van der Waals surface area contributed by atoms with Crippen molar-refractivity contribution in [2.24, 2.45) is 0 Å². The molecule has 0 spiro atoms. The Morgan fingerprint density at radius 2 is 1.63 bits per heavy atom. The van der Waals surface area contributed by atoms with E-state index in [1.54, 1.807) is 0 Å². The Morgan fingerprint density at radius 3 is 2.20 bits per heavy atom. The largest absolute Gasteiger partial charge is 0.480 e. The summed E-state index contributed by atoms with van der Waals surface area (Å²) in [6.45, 7) is 2.20. The van der Waals surface area contributed by atoms with Gasteiger partial charge in [-0.3, -0.25) is 9.59 Å². The second kappa shape index (κ2) is 9.91. The lowest BCUT2D eigenvalue weighted by Crippen LogP contribution is -2.38. The van der Waals surface area contributed by atoms with Gasteiger partial charge in [0.1, 0.15) is 13.2 Å². The first kappa shape index (κ1) is 21.4. The summed E-state index contributed by atoms with van der Waals surface area (Å²) in [5, 5.41) is 11.5. The van der Waals surface area contributed by atoms with E-state index < -0.39 is 12.1 Å². The minimum absolute atomic E-state index is 0.0253. The predicted molar refractivity (Wildman–Crippen MR) is 112 cm³/mol. The van der Waals surface area contributed by atoms with Gasteiger partial charge in [0.2, 0.25) is 5.91 Å². The molecule has 3 rings (SSSR count). The molecule has 2 amide bonds. The SMILES string of the molecule is CCCN(CC(=O)O)C(=O)CCNC(=O)OCC1c2ccccc2-c2ccccc21. The van der Waals surface area contributed by atoms with Crippen LogP contribution in [0.3, 0.4) is 0 Å². The Hall–Kier alpha value is -3.35. The number of rotatable bonds is 9. The maximum atomic E-state index is 12.2. The Balaban J connectivity index is 1.51. The van der Waals surface area contributed by atoms with Crippen molar-refractivity contribution in [1.29, 1.82) is 0 Å². The van der Waals surface area contributed by atoms with Crippen LogP contribution in [-0.2, 0) is 14.3 Å². The average Bonchev–Trinajstić information content (AvgIpc) is 3.05. The zero-order valence-electron chi connectivity index (χ0n) is 17.0. The first-order chi connectivity index (χ1) is 14.5. The summed E-state index contributed by atoms with van der Waals surface area (Å²) in [7, 11) is 0. The number of fused-ring (bicyclic) bond motifs is 3. The average molecular weight is 410 g/mol. The molecule has 2 aromatic carbocycles. The van der Waals surface area contributed by atoms with Crippen molar-refractivity contribution in [2.45, 2.75) is 25.7 Å². The molecule has 0 atom stereocenters. The third kappa shape index (κ3) is 4.97. The molecule has 2 N–H and O–H groups in total. The van der Waals surface area contributed by atoms with Crippen molar-refractivity contribution >= 4 is 18.0 Å². The van der Waals surface area contributed by atoms with Gasteiger partial charge in [-0.15, -0.1) is 0 Å². The van der Waals surface area contributed by atoms with Crippen LogP contribution in [0.2, 0.25) is 0 Å². The number of carbonyl (C=O) groups excluding carboxylic acids is 2. The quantitative estimate of drug-likeness (QED) is 0.662. The molecular weight excluding hydrogens is 384 g/mol. The number of amides is 2. The summed E-state index contributed by atoms with van der Waals surface area (Å²) < 4.78 is 5.42. The number of alkyl carbamates (subject to hydrolysis) is 1. The van der Waals surface area contributed by atoms with Crippen molar-refractivity contribution < 1.29 is 24.2 Å². The Bertz CT molecular complexity index is 882. The number of carboxylic acids is 1. The van der Waals surface area contributed by atoms with Crippen LogP contribution in [0.25, 0.3) is 11.1 Å². The third-order valence-corrected chi connectivity index (χ3v) is 5.12. The minimum Gasteiger partial charge on any atom is -0.480 e. The van der Waals surface area contributed by atoms with Gasteiger partial charge in [0.15, 0.2) is 0 Å². The summed E-state index contributed by atoms with van der Waals surface area (Å²) in [6, 6.07) is 16.2. The minimum atomic E-state index is -1.05. The lowest BCUT2D eigenvalue weighted by atomic mass is 9.98. The second-order valence-electron chi connectivity index (χ2n) is 7.21. The number of ether oxygens (including phenoxy) is 1. The molecule has 0 fully saturated rings. The first-order valence-electron chi connectivity index (χ1n) is 10.1. The molecule has 0 saturated heterocycles. The second-order valence-corrected chi connectivity index (χ2v) is 7.21. The molecule has 30 heavy (non-hydrogen) atoms. The summed E-state index contributed by atoms with van der Waals surface area (Å²) in [4.78, 5) is 36.4. The van der Waals surface area contributed by atoms with Crippen LogP contribution < -0.4 is 5.32 Å². The number of hydrogen-bond acceptors (Lipinski definition) is 4. The Labute approximate surface area is 175 Å². The van der Waals surface area contributed by atoms with Crippen LogP contribution in [0.15, 0.2) is 48.5 Å². The zero-order valence-corrected chi connectivity index (χ0v) is 17.0. The highest BCUT2D eigenvalue weighted by Crippen LogP contribution is 2.44. The maximum absolute atomic E-state index is 12.2. The van der Waals surface area contributed by atoms with Crippen molar-refractivity contribution in [3.8, 4) is 11.1 Å². The maximum Gasteiger partial charge on any atom is 0.407 e. The van der Waals surface area contributed by atoms with Gasteiger partial charge in [-0.2, -0.15) is 0 Å². The molecule has 0 aromatic heterocycles. The van der Waals surface area contributed by atoms with Gasteiger partial charge >= 0.3 is 12.1 Å². The van der Waals surface area contributed by atoms with Crippen LogP contribution >= 0.6 is 0 Å². The highest BCUT2D eigenvalue weighted by molar-refractivity contribution is 5.82. The lowest BCUT2D eigenvalue weighted by molar-refractivity contribution is -0.144. The number of nitrogens with one attached hydrogen (secondary N) is 1. The van der Waals surface area contributed by atoms with E-state index in [0.717, 1.165) is 22.3 Å². The third-order valence-electron chi connectivity index (χ3n) is 5.12. The van der Waals surface area contributed by atoms with Crippen molar-refractivity contribution in [2.75, 3.05) is 26.2 Å². The lowest BCUT2D eigenvalue weighted by Gasteiger charge is -2.20. The van der Waals surface area contributed by atoms with E-state index >= 15 is 0 Å². The van der Waals surface area contributed by atoms with E-state index in [2.05, 4.69) is 17.4 Å². The molecule has 1 aliphatic carbocycles. The fourth-order valence-electron chi connectivity index (χ4n) is 3.80. The molecule has 158 valence electrons. The van der Waals surface area contributed by atoms with E-state index in [9.17, 15) is 14.4 Å². The standard InChI is InChI=1S/C23H26N2O5/c1-2-13-25(14-22(27)28)21(26)11-12-24-23(29)30-15-20-18-9-5-3-7-16(18)17-8-4-6-10-19(17)20/h3-10,20H,2,11-15H2,1H3,(H,24,29)(H,27,28). The van der Waals surface area contributed by atoms with Gasteiger partial charge in [-0.1, -0.05) is 55.5 Å². The number of hydrogen-bond donors (Lipinski definition) is 2. The van der Waals surface area contributed by atoms with Crippen LogP contribution in [-0.4, -0.2) is 54.2 Å². The molecular formula is C23H26N2O5. The molecule has 7 nitrogen and oxygen atoms in total. The molecule has 2 aromatic rings. The van der Waals surface area contributed by atoms with Crippen molar-refractivity contribution in [1.82, 2.24) is 10.2 Å². The summed E-state index contributed by atoms with van der Waals surface area (Å²) in [5.74, 6) is -1.39. The monoisotopic (exact) mass is 410 g/mol. The fraction of sp³-hybridized carbons (Fsp3) is 0.348. The van der Waals surface area contributed by atoms with Gasteiger partial charge in [-0.05, 0) is 28.7 Å². The first-order valence-corrected chi connectivity index (χ1v) is 10.1. The molecule has 0 aliphatic heterocycles. The van der Waals surface area contributed by atoms with Crippen LogP contribution in [0.1, 0.15) is 36.8 Å². The molecule has 0 saturated carbocycles. The Morgan fingerprint density at radius 1 is 1.03 bits per heavy atom. The summed E-state index contributed by atoms with van der Waals surface area (Å²) >= 11 is 0. The smallest absolute Gasteiger partial charge is 0.407 e. The molecule has 0 radical (unpaired) electrons. The molecule has 0 heterocycles. The van der Waals surface area contributed by atoms with Crippen molar-refractivity contribution in [3.63, 3.8) is 0 Å². The fourth-order valence-corrected chi connectivity index (χ4v) is 3.80. The van der Waals surface area contributed by atoms with E-state index in [4.69, 9.17) is 9.84 Å². The zero-order chi connectivity index (χ0) is 21.5. The van der Waals surface area contributed by atoms with Gasteiger partial charge in [0.05, 0.1) is 0 Å². The molecule has 1 aliphatic rings. The van der Waals surface area contributed by atoms with Gasteiger partial charge in [-0.25, -0.2) is 4.79 Å². The van der Waals surface area contributed by atoms with E-state index in [1.165, 1.54) is 4.90 Å². The topological polar surface area (TPSA) is 95.9 Å². The van der Waals surface area contributed by atoms with E-state index in [0.29, 0.717) is 13.0 Å². The van der Waals surface area contributed by atoms with Gasteiger partial charge in [0.25, 0.3) is 0 Å². The highest BCUT2D eigenvalue weighted by Gasteiger charge is 2.29. The Kier molecular flexibility index (Phi) is 7.06. The molecule has 0 unspecified atom stereocenters. The van der Waals surface area contributed by atoms with E-state index in [1.807, 2.05) is 43.3 Å². The number of benzene rings is 2.